The van der Waals surface area contributed by atoms with E-state index < -0.39 is 0 Å². The quantitative estimate of drug-likeness (QED) is 0.869. The van der Waals surface area contributed by atoms with E-state index in [2.05, 4.69) is 9.55 Å². The third-order valence-electron chi connectivity index (χ3n) is 3.61. The molecule has 0 aliphatic rings. The van der Waals surface area contributed by atoms with E-state index in [1.54, 1.807) is 7.11 Å². The van der Waals surface area contributed by atoms with Gasteiger partial charge in [0, 0.05) is 20.6 Å². The van der Waals surface area contributed by atoms with Crippen molar-refractivity contribution in [1.29, 1.82) is 0 Å². The van der Waals surface area contributed by atoms with Crippen LogP contribution in [0.1, 0.15) is 25.6 Å². The van der Waals surface area contributed by atoms with E-state index in [1.165, 1.54) is 0 Å². The SMILES string of the molecule is COC(C)CCC(O)Cc1nc2ccccc2n1C. The molecule has 0 saturated heterocycles. The van der Waals surface area contributed by atoms with E-state index in [0.717, 1.165) is 29.7 Å². The first kappa shape index (κ1) is 14.0. The number of hydrogen-bond acceptors (Lipinski definition) is 3. The minimum absolute atomic E-state index is 0.190. The van der Waals surface area contributed by atoms with Crippen molar-refractivity contribution in [2.24, 2.45) is 7.05 Å². The average molecular weight is 262 g/mol. The first-order valence-electron chi connectivity index (χ1n) is 6.73. The molecule has 4 heteroatoms. The number of aryl methyl sites for hydroxylation is 1. The topological polar surface area (TPSA) is 47.3 Å². The van der Waals surface area contributed by atoms with Gasteiger partial charge in [0.2, 0.25) is 0 Å². The molecule has 0 aliphatic heterocycles. The van der Waals surface area contributed by atoms with Crippen molar-refractivity contribution < 1.29 is 9.84 Å². The molecule has 1 aromatic carbocycles. The zero-order valence-electron chi connectivity index (χ0n) is 11.8. The summed E-state index contributed by atoms with van der Waals surface area (Å²) in [6, 6.07) is 8.03. The van der Waals surface area contributed by atoms with E-state index in [9.17, 15) is 5.11 Å². The van der Waals surface area contributed by atoms with Crippen molar-refractivity contribution in [2.45, 2.75) is 38.4 Å². The van der Waals surface area contributed by atoms with Crippen LogP contribution in [0.5, 0.6) is 0 Å². The summed E-state index contributed by atoms with van der Waals surface area (Å²) >= 11 is 0. The van der Waals surface area contributed by atoms with Gasteiger partial charge in [-0.1, -0.05) is 12.1 Å². The van der Waals surface area contributed by atoms with Crippen LogP contribution in [-0.4, -0.2) is 34.0 Å². The van der Waals surface area contributed by atoms with Gasteiger partial charge in [-0.05, 0) is 31.9 Å². The Balaban J connectivity index is 2.02. The highest BCUT2D eigenvalue weighted by Gasteiger charge is 2.13. The van der Waals surface area contributed by atoms with Gasteiger partial charge in [-0.3, -0.25) is 0 Å². The molecule has 0 bridgehead atoms. The lowest BCUT2D eigenvalue weighted by atomic mass is 10.1. The van der Waals surface area contributed by atoms with Crippen LogP contribution in [0.15, 0.2) is 24.3 Å². The number of para-hydroxylation sites is 2. The Labute approximate surface area is 114 Å². The highest BCUT2D eigenvalue weighted by Crippen LogP contribution is 2.16. The number of nitrogens with zero attached hydrogens (tertiary/aromatic N) is 2. The second-order valence-electron chi connectivity index (χ2n) is 5.06. The lowest BCUT2D eigenvalue weighted by Gasteiger charge is -2.13. The number of aromatic nitrogens is 2. The molecular weight excluding hydrogens is 240 g/mol. The lowest BCUT2D eigenvalue weighted by molar-refractivity contribution is 0.0844. The van der Waals surface area contributed by atoms with E-state index in [-0.39, 0.29) is 12.2 Å². The smallest absolute Gasteiger partial charge is 0.112 e. The van der Waals surface area contributed by atoms with Crippen molar-refractivity contribution in [3.05, 3.63) is 30.1 Å². The summed E-state index contributed by atoms with van der Waals surface area (Å²) in [4.78, 5) is 4.57. The van der Waals surface area contributed by atoms with E-state index in [4.69, 9.17) is 4.74 Å². The summed E-state index contributed by atoms with van der Waals surface area (Å²) in [5.41, 5.74) is 2.09. The van der Waals surface area contributed by atoms with Gasteiger partial charge in [0.1, 0.15) is 5.82 Å². The van der Waals surface area contributed by atoms with Crippen molar-refractivity contribution >= 4 is 11.0 Å². The molecule has 2 unspecified atom stereocenters. The maximum Gasteiger partial charge on any atom is 0.112 e. The van der Waals surface area contributed by atoms with E-state index in [1.807, 2.05) is 38.2 Å². The molecule has 104 valence electrons. The third-order valence-corrected chi connectivity index (χ3v) is 3.61. The number of methoxy groups -OCH3 is 1. The maximum atomic E-state index is 10.1. The third kappa shape index (κ3) is 3.33. The van der Waals surface area contributed by atoms with Gasteiger partial charge in [-0.2, -0.15) is 0 Å². The molecular formula is C15H22N2O2. The van der Waals surface area contributed by atoms with Gasteiger partial charge >= 0.3 is 0 Å². The molecule has 0 saturated carbocycles. The molecule has 0 spiro atoms. The maximum absolute atomic E-state index is 10.1. The standard InChI is InChI=1S/C15H22N2O2/c1-11(19-3)8-9-12(18)10-15-16-13-6-4-5-7-14(13)17(15)2/h4-7,11-12,18H,8-10H2,1-3H3. The first-order chi connectivity index (χ1) is 9.11. The molecule has 0 fully saturated rings. The second-order valence-corrected chi connectivity index (χ2v) is 5.06. The summed E-state index contributed by atoms with van der Waals surface area (Å²) in [5, 5.41) is 10.1. The Hall–Kier alpha value is -1.39. The van der Waals surface area contributed by atoms with E-state index in [0.29, 0.717) is 6.42 Å². The van der Waals surface area contributed by atoms with Crippen LogP contribution in [-0.2, 0) is 18.2 Å². The predicted octanol–water partition coefficient (Wildman–Crippen LogP) is 2.29. The second kappa shape index (κ2) is 6.17. The Morgan fingerprint density at radius 2 is 2.05 bits per heavy atom. The number of rotatable bonds is 6. The molecule has 19 heavy (non-hydrogen) atoms. The van der Waals surface area contributed by atoms with E-state index >= 15 is 0 Å². The number of fused-ring (bicyclic) bond motifs is 1. The fourth-order valence-electron chi connectivity index (χ4n) is 2.24. The Kier molecular flexibility index (Phi) is 4.56. The normalized spacial score (nSPS) is 14.7. The molecule has 0 radical (unpaired) electrons. The van der Waals surface area contributed by atoms with Crippen LogP contribution in [0.4, 0.5) is 0 Å². The van der Waals surface area contributed by atoms with Crippen LogP contribution in [0.25, 0.3) is 11.0 Å². The van der Waals surface area contributed by atoms with Crippen LogP contribution >= 0.6 is 0 Å². The summed E-state index contributed by atoms with van der Waals surface area (Å²) in [7, 11) is 3.69. The zero-order chi connectivity index (χ0) is 13.8. The molecule has 0 aliphatic carbocycles. The highest BCUT2D eigenvalue weighted by atomic mass is 16.5. The van der Waals surface area contributed by atoms with Crippen molar-refractivity contribution in [2.75, 3.05) is 7.11 Å². The highest BCUT2D eigenvalue weighted by molar-refractivity contribution is 5.75. The fraction of sp³-hybridized carbons (Fsp3) is 0.533. The average Bonchev–Trinajstić information content (AvgIpc) is 2.73. The molecule has 2 rings (SSSR count). The number of benzene rings is 1. The predicted molar refractivity (Wildman–Crippen MR) is 76.1 cm³/mol. The Bertz CT molecular complexity index is 536. The molecule has 1 heterocycles. The monoisotopic (exact) mass is 262 g/mol. The molecule has 2 aromatic rings. The number of aliphatic hydroxyl groups is 1. The van der Waals surface area contributed by atoms with Crippen LogP contribution < -0.4 is 0 Å². The van der Waals surface area contributed by atoms with Crippen molar-refractivity contribution in [3.8, 4) is 0 Å². The summed E-state index contributed by atoms with van der Waals surface area (Å²) in [6.45, 7) is 2.02. The molecule has 4 nitrogen and oxygen atoms in total. The summed E-state index contributed by atoms with van der Waals surface area (Å²) in [6.07, 6.45) is 2.00. The van der Waals surface area contributed by atoms with Gasteiger partial charge in [0.15, 0.2) is 0 Å². The van der Waals surface area contributed by atoms with Gasteiger partial charge in [-0.15, -0.1) is 0 Å². The van der Waals surface area contributed by atoms with Crippen LogP contribution in [0, 0.1) is 0 Å². The lowest BCUT2D eigenvalue weighted by Crippen LogP contribution is -2.16. The number of imidazole rings is 1. The van der Waals surface area contributed by atoms with Gasteiger partial charge in [0.25, 0.3) is 0 Å². The van der Waals surface area contributed by atoms with Crippen LogP contribution in [0.2, 0.25) is 0 Å². The fourth-order valence-corrected chi connectivity index (χ4v) is 2.24. The minimum atomic E-state index is -0.367. The van der Waals surface area contributed by atoms with Gasteiger partial charge in [-0.25, -0.2) is 4.98 Å². The van der Waals surface area contributed by atoms with Crippen molar-refractivity contribution in [1.82, 2.24) is 9.55 Å². The molecule has 1 aromatic heterocycles. The largest absolute Gasteiger partial charge is 0.393 e. The van der Waals surface area contributed by atoms with Gasteiger partial charge in [0.05, 0.1) is 23.2 Å². The Morgan fingerprint density at radius 3 is 2.74 bits per heavy atom. The summed E-state index contributed by atoms with van der Waals surface area (Å²) in [5.74, 6) is 0.929. The van der Waals surface area contributed by atoms with Crippen LogP contribution in [0.3, 0.4) is 0 Å². The summed E-state index contributed by atoms with van der Waals surface area (Å²) < 4.78 is 7.24. The number of hydrogen-bond donors (Lipinski definition) is 1. The molecule has 0 amide bonds. The minimum Gasteiger partial charge on any atom is -0.393 e. The Morgan fingerprint density at radius 1 is 1.32 bits per heavy atom. The molecule has 2 atom stereocenters. The molecule has 1 N–H and O–H groups in total. The zero-order valence-corrected chi connectivity index (χ0v) is 11.8. The van der Waals surface area contributed by atoms with Gasteiger partial charge < -0.3 is 14.4 Å². The van der Waals surface area contributed by atoms with Crippen molar-refractivity contribution in [3.63, 3.8) is 0 Å². The number of aliphatic hydroxyl groups excluding tert-OH is 1. The number of ether oxygens (including phenoxy) is 1. The first-order valence-corrected chi connectivity index (χ1v) is 6.73.